The van der Waals surface area contributed by atoms with E-state index in [9.17, 15) is 4.79 Å². The molecule has 1 aliphatic carbocycles. The third kappa shape index (κ3) is 5.82. The van der Waals surface area contributed by atoms with E-state index in [-0.39, 0.29) is 12.0 Å². The lowest BCUT2D eigenvalue weighted by Gasteiger charge is -2.29. The van der Waals surface area contributed by atoms with Gasteiger partial charge in [0.15, 0.2) is 0 Å². The van der Waals surface area contributed by atoms with Crippen LogP contribution in [0.1, 0.15) is 64.5 Å². The molecular formula is C20H31NO3. The lowest BCUT2D eigenvalue weighted by Crippen LogP contribution is -2.36. The Bertz CT molecular complexity index is 504. The van der Waals surface area contributed by atoms with Crippen molar-refractivity contribution in [2.75, 3.05) is 6.61 Å². The van der Waals surface area contributed by atoms with E-state index >= 15 is 0 Å². The lowest BCUT2D eigenvalue weighted by atomic mass is 9.85. The van der Waals surface area contributed by atoms with Crippen LogP contribution in [0.2, 0.25) is 0 Å². The second-order valence-corrected chi connectivity index (χ2v) is 7.38. The van der Waals surface area contributed by atoms with Gasteiger partial charge in [0.1, 0.15) is 5.75 Å². The summed E-state index contributed by atoms with van der Waals surface area (Å²) in [5.74, 6) is 0.786. The van der Waals surface area contributed by atoms with Crippen molar-refractivity contribution in [3.8, 4) is 5.75 Å². The molecule has 1 atom stereocenters. The fourth-order valence-electron chi connectivity index (χ4n) is 3.22. The van der Waals surface area contributed by atoms with Gasteiger partial charge in [0.05, 0.1) is 12.5 Å². The van der Waals surface area contributed by atoms with Crippen LogP contribution in [0.4, 0.5) is 0 Å². The molecule has 1 aromatic rings. The Morgan fingerprint density at radius 2 is 1.79 bits per heavy atom. The first kappa shape index (κ1) is 18.8. The summed E-state index contributed by atoms with van der Waals surface area (Å²) < 4.78 is 5.76. The highest BCUT2D eigenvalue weighted by molar-refractivity contribution is 5.70. The molecule has 0 spiro atoms. The number of hydrogen-bond donors (Lipinski definition) is 2. The fraction of sp³-hybridized carbons (Fsp3) is 0.650. The number of carboxylic acid groups (broad SMARTS) is 1. The molecule has 0 heterocycles. The predicted octanol–water partition coefficient (Wildman–Crippen LogP) is 4.41. The zero-order chi connectivity index (χ0) is 17.5. The minimum Gasteiger partial charge on any atom is -0.494 e. The summed E-state index contributed by atoms with van der Waals surface area (Å²) >= 11 is 0. The maximum Gasteiger partial charge on any atom is 0.306 e. The van der Waals surface area contributed by atoms with E-state index in [1.807, 2.05) is 12.1 Å². The first-order chi connectivity index (χ1) is 11.5. The topological polar surface area (TPSA) is 58.6 Å². The maximum atomic E-state index is 11.0. The summed E-state index contributed by atoms with van der Waals surface area (Å²) in [7, 11) is 0. The molecule has 0 aromatic heterocycles. The standard InChI is InChI=1S/C20H31NO3/c1-14(2)12-13-24-19-10-6-16(7-11-19)15(3)21-18-8-4-17(5-9-18)20(22)23/h6-7,10-11,14-15,17-18,21H,4-5,8-9,12-13H2,1-3H3,(H,22,23). The van der Waals surface area contributed by atoms with Crippen LogP contribution in [0.25, 0.3) is 0 Å². The predicted molar refractivity (Wildman–Crippen MR) is 96.3 cm³/mol. The number of hydrogen-bond acceptors (Lipinski definition) is 3. The van der Waals surface area contributed by atoms with E-state index in [1.54, 1.807) is 0 Å². The van der Waals surface area contributed by atoms with Gasteiger partial charge in [-0.15, -0.1) is 0 Å². The Balaban J connectivity index is 1.78. The molecule has 24 heavy (non-hydrogen) atoms. The highest BCUT2D eigenvalue weighted by atomic mass is 16.5. The Morgan fingerprint density at radius 3 is 2.33 bits per heavy atom. The molecule has 2 rings (SSSR count). The van der Waals surface area contributed by atoms with E-state index in [0.717, 1.165) is 44.5 Å². The molecule has 0 aliphatic heterocycles. The summed E-state index contributed by atoms with van der Waals surface area (Å²) in [4.78, 5) is 11.0. The zero-order valence-corrected chi connectivity index (χ0v) is 15.1. The summed E-state index contributed by atoms with van der Waals surface area (Å²) in [6, 6.07) is 8.99. The van der Waals surface area contributed by atoms with Crippen molar-refractivity contribution in [2.45, 2.75) is 65.0 Å². The molecule has 0 amide bonds. The van der Waals surface area contributed by atoms with Gasteiger partial charge in [-0.05, 0) is 62.6 Å². The third-order valence-electron chi connectivity index (χ3n) is 4.91. The van der Waals surface area contributed by atoms with E-state index in [0.29, 0.717) is 12.0 Å². The summed E-state index contributed by atoms with van der Waals surface area (Å²) in [6.07, 6.45) is 4.51. The van der Waals surface area contributed by atoms with Gasteiger partial charge in [-0.1, -0.05) is 26.0 Å². The summed E-state index contributed by atoms with van der Waals surface area (Å²) in [5, 5.41) is 12.7. The number of rotatable bonds is 8. The lowest BCUT2D eigenvalue weighted by molar-refractivity contribution is -0.142. The zero-order valence-electron chi connectivity index (χ0n) is 15.1. The summed E-state index contributed by atoms with van der Waals surface area (Å²) in [6.45, 7) is 7.32. The molecule has 2 N–H and O–H groups in total. The first-order valence-corrected chi connectivity index (χ1v) is 9.17. The molecule has 1 aliphatic rings. The highest BCUT2D eigenvalue weighted by Gasteiger charge is 2.26. The van der Waals surface area contributed by atoms with Crippen molar-refractivity contribution in [1.82, 2.24) is 5.32 Å². The van der Waals surface area contributed by atoms with Gasteiger partial charge in [0.25, 0.3) is 0 Å². The third-order valence-corrected chi connectivity index (χ3v) is 4.91. The number of ether oxygens (including phenoxy) is 1. The molecule has 0 radical (unpaired) electrons. The molecule has 4 heteroatoms. The number of carbonyl (C=O) groups is 1. The Kier molecular flexibility index (Phi) is 7.10. The fourth-order valence-corrected chi connectivity index (χ4v) is 3.22. The van der Waals surface area contributed by atoms with E-state index in [2.05, 4.69) is 38.2 Å². The average Bonchev–Trinajstić information content (AvgIpc) is 2.55. The molecular weight excluding hydrogens is 302 g/mol. The van der Waals surface area contributed by atoms with Crippen molar-refractivity contribution in [2.24, 2.45) is 11.8 Å². The highest BCUT2D eigenvalue weighted by Crippen LogP contribution is 2.27. The molecule has 0 bridgehead atoms. The normalized spacial score (nSPS) is 22.3. The first-order valence-electron chi connectivity index (χ1n) is 9.17. The number of carboxylic acids is 1. The Labute approximate surface area is 145 Å². The SMILES string of the molecule is CC(C)CCOc1ccc(C(C)NC2CCC(C(=O)O)CC2)cc1. The van der Waals surface area contributed by atoms with Crippen LogP contribution in [0.3, 0.4) is 0 Å². The van der Waals surface area contributed by atoms with Crippen LogP contribution in [-0.2, 0) is 4.79 Å². The maximum absolute atomic E-state index is 11.0. The van der Waals surface area contributed by atoms with Crippen molar-refractivity contribution < 1.29 is 14.6 Å². The quantitative estimate of drug-likeness (QED) is 0.740. The second kappa shape index (κ2) is 9.07. The molecule has 1 saturated carbocycles. The minimum absolute atomic E-state index is 0.152. The van der Waals surface area contributed by atoms with E-state index in [1.165, 1.54) is 5.56 Å². The smallest absolute Gasteiger partial charge is 0.306 e. The van der Waals surface area contributed by atoms with Crippen LogP contribution in [0, 0.1) is 11.8 Å². The Hall–Kier alpha value is -1.55. The molecule has 4 nitrogen and oxygen atoms in total. The van der Waals surface area contributed by atoms with Crippen LogP contribution in [-0.4, -0.2) is 23.7 Å². The number of benzene rings is 1. The molecule has 1 unspecified atom stereocenters. The van der Waals surface area contributed by atoms with Gasteiger partial charge >= 0.3 is 5.97 Å². The van der Waals surface area contributed by atoms with Gasteiger partial charge in [-0.25, -0.2) is 0 Å². The Morgan fingerprint density at radius 1 is 1.17 bits per heavy atom. The number of nitrogens with one attached hydrogen (secondary N) is 1. The monoisotopic (exact) mass is 333 g/mol. The minimum atomic E-state index is -0.644. The van der Waals surface area contributed by atoms with Gasteiger partial charge in [-0.3, -0.25) is 4.79 Å². The van der Waals surface area contributed by atoms with Crippen molar-refractivity contribution >= 4 is 5.97 Å². The van der Waals surface area contributed by atoms with Crippen molar-refractivity contribution in [1.29, 1.82) is 0 Å². The molecule has 1 aromatic carbocycles. The second-order valence-electron chi connectivity index (χ2n) is 7.38. The van der Waals surface area contributed by atoms with Crippen LogP contribution in [0.5, 0.6) is 5.75 Å². The molecule has 0 saturated heterocycles. The van der Waals surface area contributed by atoms with Crippen LogP contribution >= 0.6 is 0 Å². The van der Waals surface area contributed by atoms with Gasteiger partial charge < -0.3 is 15.2 Å². The van der Waals surface area contributed by atoms with E-state index in [4.69, 9.17) is 9.84 Å². The molecule has 134 valence electrons. The van der Waals surface area contributed by atoms with Gasteiger partial charge in [0.2, 0.25) is 0 Å². The largest absolute Gasteiger partial charge is 0.494 e. The van der Waals surface area contributed by atoms with Gasteiger partial charge in [0, 0.05) is 12.1 Å². The van der Waals surface area contributed by atoms with Crippen molar-refractivity contribution in [3.63, 3.8) is 0 Å². The van der Waals surface area contributed by atoms with Crippen LogP contribution in [0.15, 0.2) is 24.3 Å². The average molecular weight is 333 g/mol. The van der Waals surface area contributed by atoms with Crippen LogP contribution < -0.4 is 10.1 Å². The summed E-state index contributed by atoms with van der Waals surface area (Å²) in [5.41, 5.74) is 1.24. The molecule has 1 fully saturated rings. The van der Waals surface area contributed by atoms with Gasteiger partial charge in [-0.2, -0.15) is 0 Å². The number of aliphatic carboxylic acids is 1. The van der Waals surface area contributed by atoms with Crippen molar-refractivity contribution in [3.05, 3.63) is 29.8 Å². The van der Waals surface area contributed by atoms with E-state index < -0.39 is 5.97 Å².